The number of likely N-dealkylation sites (N-methyl/N-ethyl adjacent to an activating group) is 2. The molecule has 0 N–H and O–H groups in total. The van der Waals surface area contributed by atoms with E-state index >= 15 is 0 Å². The Morgan fingerprint density at radius 3 is 2.64 bits per heavy atom. The van der Waals surface area contributed by atoms with Gasteiger partial charge < -0.3 is 0 Å². The van der Waals surface area contributed by atoms with E-state index < -0.39 is 12.1 Å². The molecule has 3 heterocycles. The summed E-state index contributed by atoms with van der Waals surface area (Å²) in [5.41, 5.74) is 0.863. The van der Waals surface area contributed by atoms with E-state index in [0.717, 1.165) is 19.8 Å². The fraction of sp³-hybridized carbons (Fsp3) is 0.294. The molecule has 4 rings (SSSR count). The average Bonchev–Trinajstić information content (AvgIpc) is 3.24. The van der Waals surface area contributed by atoms with Crippen LogP contribution in [0.1, 0.15) is 10.6 Å². The number of hydrogen-bond donors (Lipinski definition) is 0. The molecule has 8 nitrogen and oxygen atoms in total. The molecule has 1 atom stereocenters. The quantitative estimate of drug-likeness (QED) is 0.692. The number of thioether (sulfide) groups is 1. The van der Waals surface area contributed by atoms with Crippen LogP contribution in [0.25, 0.3) is 0 Å². The third-order valence-electron chi connectivity index (χ3n) is 4.48. The van der Waals surface area contributed by atoms with Crippen molar-refractivity contribution in [3.05, 3.63) is 39.9 Å². The third-order valence-corrected chi connectivity index (χ3v) is 6.75. The van der Waals surface area contributed by atoms with Gasteiger partial charge in [-0.25, -0.2) is 9.37 Å². The maximum Gasteiger partial charge on any atom is 0.365 e. The molecule has 2 aromatic rings. The molecule has 0 radical (unpaired) electrons. The first-order valence-corrected chi connectivity index (χ1v) is 10.4. The highest BCUT2D eigenvalue weighted by molar-refractivity contribution is 8.14. The number of carbonyl (C=O) groups is 2. The number of rotatable bonds is 3. The molecule has 0 aliphatic carbocycles. The normalized spacial score (nSPS) is 19.4. The Kier molecular flexibility index (Phi) is 4.94. The molecule has 0 spiro atoms. The van der Waals surface area contributed by atoms with Crippen molar-refractivity contribution in [1.29, 1.82) is 0 Å². The number of aromatic nitrogens is 2. The topological polar surface area (TPSA) is 81.8 Å². The Morgan fingerprint density at radius 2 is 1.96 bits per heavy atom. The van der Waals surface area contributed by atoms with Gasteiger partial charge in [0.05, 0.1) is 0 Å². The number of hydrogen-bond acceptors (Lipinski definition) is 7. The first-order chi connectivity index (χ1) is 13.4. The molecule has 2 aliphatic rings. The van der Waals surface area contributed by atoms with E-state index in [2.05, 4.69) is 15.2 Å². The zero-order valence-corrected chi connectivity index (χ0v) is 17.7. The number of amides is 3. The minimum Gasteiger partial charge on any atom is -0.269 e. The highest BCUT2D eigenvalue weighted by atomic mass is 35.5. The standard InChI is InChI=1S/C17H16ClN6O2S2/c1-9-20-21-16(27-9)28-15-19-13-12(14(25)23(3)17(26)22(13)2)24(15)8-10-6-4-5-7-11(10)18/h4-7,12H,8H2,1-3H3/q+1. The molecule has 144 valence electrons. The van der Waals surface area contributed by atoms with E-state index in [1.807, 2.05) is 29.7 Å². The minimum absolute atomic E-state index is 0.321. The summed E-state index contributed by atoms with van der Waals surface area (Å²) in [5.74, 6) is 0.0850. The SMILES string of the molecule is Cc1nnc(SC2=[N+](Cc3ccccc3Cl)C3C(=O)N(C)C(=O)N(C)C3=N2)s1. The number of urea groups is 1. The van der Waals surface area contributed by atoms with Crippen LogP contribution >= 0.6 is 34.7 Å². The van der Waals surface area contributed by atoms with Crippen LogP contribution in [-0.4, -0.2) is 67.7 Å². The van der Waals surface area contributed by atoms with Gasteiger partial charge in [0, 0.05) is 36.4 Å². The van der Waals surface area contributed by atoms with Gasteiger partial charge in [-0.2, -0.15) is 0 Å². The maximum absolute atomic E-state index is 12.9. The van der Waals surface area contributed by atoms with E-state index in [-0.39, 0.29) is 5.91 Å². The Bertz CT molecular complexity index is 1050. The Morgan fingerprint density at radius 1 is 1.21 bits per heavy atom. The van der Waals surface area contributed by atoms with Crippen LogP contribution in [0.2, 0.25) is 5.02 Å². The van der Waals surface area contributed by atoms with Gasteiger partial charge in [-0.05, 0) is 18.0 Å². The molecule has 0 saturated carbocycles. The molecular formula is C17H16ClN6O2S2+. The van der Waals surface area contributed by atoms with Crippen molar-refractivity contribution in [2.75, 3.05) is 14.1 Å². The van der Waals surface area contributed by atoms with Gasteiger partial charge >= 0.3 is 11.2 Å². The lowest BCUT2D eigenvalue weighted by atomic mass is 10.1. The highest BCUT2D eigenvalue weighted by Gasteiger charge is 2.53. The fourth-order valence-electron chi connectivity index (χ4n) is 3.02. The van der Waals surface area contributed by atoms with Gasteiger partial charge in [0.1, 0.15) is 11.6 Å². The van der Waals surface area contributed by atoms with E-state index in [9.17, 15) is 9.59 Å². The van der Waals surface area contributed by atoms with Gasteiger partial charge in [-0.3, -0.25) is 14.6 Å². The summed E-state index contributed by atoms with van der Waals surface area (Å²) in [6.45, 7) is 2.25. The molecule has 1 aromatic heterocycles. The number of amidine groups is 2. The lowest BCUT2D eigenvalue weighted by Gasteiger charge is -2.30. The van der Waals surface area contributed by atoms with Crippen LogP contribution in [0, 0.1) is 6.92 Å². The summed E-state index contributed by atoms with van der Waals surface area (Å²) in [7, 11) is 3.10. The monoisotopic (exact) mass is 435 g/mol. The number of aliphatic imine (C=N–C) groups is 1. The molecule has 3 amide bonds. The zero-order valence-electron chi connectivity index (χ0n) is 15.3. The van der Waals surface area contributed by atoms with Crippen LogP contribution in [0.3, 0.4) is 0 Å². The molecule has 1 saturated heterocycles. The van der Waals surface area contributed by atoms with E-state index in [4.69, 9.17) is 11.6 Å². The number of aryl methyl sites for hydroxylation is 1. The van der Waals surface area contributed by atoms with Crippen LogP contribution in [-0.2, 0) is 11.3 Å². The van der Waals surface area contributed by atoms with Crippen molar-refractivity contribution >= 4 is 57.6 Å². The number of halogens is 1. The molecule has 1 fully saturated rings. The van der Waals surface area contributed by atoms with Crippen molar-refractivity contribution in [2.45, 2.75) is 23.8 Å². The number of fused-ring (bicyclic) bond motifs is 1. The Balaban J connectivity index is 1.78. The summed E-state index contributed by atoms with van der Waals surface area (Å²) < 4.78 is 2.58. The van der Waals surface area contributed by atoms with Crippen LogP contribution in [0.4, 0.5) is 4.79 Å². The van der Waals surface area contributed by atoms with Crippen molar-refractivity contribution in [3.63, 3.8) is 0 Å². The van der Waals surface area contributed by atoms with Crippen molar-refractivity contribution in [3.8, 4) is 0 Å². The van der Waals surface area contributed by atoms with E-state index in [0.29, 0.717) is 22.6 Å². The zero-order chi connectivity index (χ0) is 20.0. The first-order valence-electron chi connectivity index (χ1n) is 8.35. The predicted octanol–water partition coefficient (Wildman–Crippen LogP) is 2.47. The number of imide groups is 1. The molecule has 1 unspecified atom stereocenters. The molecule has 0 bridgehead atoms. The average molecular weight is 436 g/mol. The van der Waals surface area contributed by atoms with Gasteiger partial charge in [-0.1, -0.05) is 41.1 Å². The fourth-order valence-corrected chi connectivity index (χ4v) is 5.05. The summed E-state index contributed by atoms with van der Waals surface area (Å²) in [4.78, 5) is 32.4. The van der Waals surface area contributed by atoms with Crippen LogP contribution in [0.15, 0.2) is 33.6 Å². The lowest BCUT2D eigenvalue weighted by Crippen LogP contribution is -2.61. The van der Waals surface area contributed by atoms with E-state index in [1.54, 1.807) is 13.1 Å². The van der Waals surface area contributed by atoms with Crippen molar-refractivity contribution < 1.29 is 14.2 Å². The lowest BCUT2D eigenvalue weighted by molar-refractivity contribution is -0.548. The number of nitrogens with zero attached hydrogens (tertiary/aromatic N) is 6. The first kappa shape index (κ1) is 19.0. The molecule has 11 heteroatoms. The van der Waals surface area contributed by atoms with Gasteiger partial charge in [0.2, 0.25) is 0 Å². The summed E-state index contributed by atoms with van der Waals surface area (Å²) in [6.07, 6.45) is 0. The van der Waals surface area contributed by atoms with E-state index in [1.165, 1.54) is 35.0 Å². The maximum atomic E-state index is 12.9. The summed E-state index contributed by atoms with van der Waals surface area (Å²) in [6, 6.07) is 6.36. The third kappa shape index (κ3) is 3.21. The number of benzene rings is 1. The second-order valence-electron chi connectivity index (χ2n) is 6.30. The second-order valence-corrected chi connectivity index (χ2v) is 9.11. The Hall–Kier alpha value is -2.30. The molecular weight excluding hydrogens is 420 g/mol. The highest BCUT2D eigenvalue weighted by Crippen LogP contribution is 2.30. The van der Waals surface area contributed by atoms with Crippen molar-refractivity contribution in [2.24, 2.45) is 4.99 Å². The minimum atomic E-state index is -0.694. The number of carbonyl (C=O) groups excluding carboxylic acids is 2. The summed E-state index contributed by atoms with van der Waals surface area (Å²) >= 11 is 9.12. The van der Waals surface area contributed by atoms with Crippen molar-refractivity contribution in [1.82, 2.24) is 20.0 Å². The molecule has 2 aliphatic heterocycles. The largest absolute Gasteiger partial charge is 0.365 e. The van der Waals surface area contributed by atoms with Gasteiger partial charge in [-0.15, -0.1) is 10.2 Å². The second kappa shape index (κ2) is 7.26. The predicted molar refractivity (Wildman–Crippen MR) is 108 cm³/mol. The van der Waals surface area contributed by atoms with Gasteiger partial charge in [0.25, 0.3) is 17.8 Å². The van der Waals surface area contributed by atoms with Gasteiger partial charge in [0.15, 0.2) is 4.34 Å². The van der Waals surface area contributed by atoms with Crippen LogP contribution < -0.4 is 0 Å². The summed E-state index contributed by atoms with van der Waals surface area (Å²) in [5, 5.41) is 10.2. The molecule has 28 heavy (non-hydrogen) atoms. The molecule has 1 aromatic carbocycles. The smallest absolute Gasteiger partial charge is 0.269 e. The Labute approximate surface area is 174 Å². The van der Waals surface area contributed by atoms with Crippen LogP contribution in [0.5, 0.6) is 0 Å².